The Morgan fingerprint density at radius 1 is 1.24 bits per heavy atom. The van der Waals surface area contributed by atoms with Crippen molar-refractivity contribution in [3.63, 3.8) is 0 Å². The molecular formula is C15H15FN2O3. The number of carbonyl (C=O) groups excluding carboxylic acids is 1. The van der Waals surface area contributed by atoms with Crippen molar-refractivity contribution >= 4 is 5.78 Å². The predicted octanol–water partition coefficient (Wildman–Crippen LogP) is 1.88. The van der Waals surface area contributed by atoms with E-state index in [0.717, 1.165) is 13.1 Å². The third-order valence-corrected chi connectivity index (χ3v) is 3.38. The number of hydrogen-bond donors (Lipinski definition) is 0. The summed E-state index contributed by atoms with van der Waals surface area (Å²) in [6.45, 7) is 3.68. The predicted molar refractivity (Wildman–Crippen MR) is 72.4 cm³/mol. The number of benzene rings is 1. The molecule has 0 aliphatic carbocycles. The molecule has 2 aromatic rings. The van der Waals surface area contributed by atoms with Gasteiger partial charge in [-0.2, -0.15) is 0 Å². The van der Waals surface area contributed by atoms with Crippen molar-refractivity contribution in [3.05, 3.63) is 53.2 Å². The summed E-state index contributed by atoms with van der Waals surface area (Å²) < 4.78 is 23.3. The molecule has 1 aliphatic rings. The minimum absolute atomic E-state index is 0.241. The first-order valence-corrected chi connectivity index (χ1v) is 6.78. The fourth-order valence-electron chi connectivity index (χ4n) is 2.22. The lowest BCUT2D eigenvalue weighted by Crippen LogP contribution is -2.35. The van der Waals surface area contributed by atoms with Crippen molar-refractivity contribution in [1.29, 1.82) is 0 Å². The van der Waals surface area contributed by atoms with Crippen molar-refractivity contribution in [1.82, 2.24) is 10.1 Å². The van der Waals surface area contributed by atoms with Crippen LogP contribution in [0, 0.1) is 5.82 Å². The van der Waals surface area contributed by atoms with Crippen molar-refractivity contribution < 1.29 is 18.4 Å². The highest BCUT2D eigenvalue weighted by Gasteiger charge is 2.17. The molecule has 110 valence electrons. The zero-order valence-electron chi connectivity index (χ0n) is 11.4. The van der Waals surface area contributed by atoms with Gasteiger partial charge in [-0.15, -0.1) is 0 Å². The van der Waals surface area contributed by atoms with Crippen molar-refractivity contribution in [3.8, 4) is 0 Å². The van der Waals surface area contributed by atoms with E-state index in [1.165, 1.54) is 24.3 Å². The van der Waals surface area contributed by atoms with Gasteiger partial charge in [0.1, 0.15) is 5.82 Å². The summed E-state index contributed by atoms with van der Waals surface area (Å²) in [7, 11) is 0. The maximum Gasteiger partial charge on any atom is 0.214 e. The fraction of sp³-hybridized carbons (Fsp3) is 0.333. The first kappa shape index (κ1) is 13.9. The number of ether oxygens (including phenoxy) is 1. The van der Waals surface area contributed by atoms with E-state index in [1.54, 1.807) is 6.07 Å². The van der Waals surface area contributed by atoms with E-state index in [0.29, 0.717) is 31.1 Å². The SMILES string of the molecule is O=C(c1ccc(F)cc1)c1cc(CN2CCOCC2)on1. The minimum atomic E-state index is -0.375. The summed E-state index contributed by atoms with van der Waals surface area (Å²) in [6, 6.07) is 7.02. The molecule has 0 spiro atoms. The van der Waals surface area contributed by atoms with Gasteiger partial charge in [0.05, 0.1) is 19.8 Å². The molecule has 0 N–H and O–H groups in total. The third kappa shape index (κ3) is 3.34. The van der Waals surface area contributed by atoms with Crippen LogP contribution in [0.15, 0.2) is 34.9 Å². The molecule has 6 heteroatoms. The molecule has 1 aromatic carbocycles. The lowest BCUT2D eigenvalue weighted by Gasteiger charge is -2.25. The molecule has 1 aromatic heterocycles. The Kier molecular flexibility index (Phi) is 4.08. The maximum atomic E-state index is 12.9. The molecule has 3 rings (SSSR count). The van der Waals surface area contributed by atoms with Crippen LogP contribution in [-0.4, -0.2) is 42.1 Å². The molecule has 21 heavy (non-hydrogen) atoms. The number of nitrogens with zero attached hydrogens (tertiary/aromatic N) is 2. The second-order valence-corrected chi connectivity index (χ2v) is 4.90. The lowest BCUT2D eigenvalue weighted by molar-refractivity contribution is 0.0305. The lowest BCUT2D eigenvalue weighted by atomic mass is 10.1. The van der Waals surface area contributed by atoms with Crippen LogP contribution in [0.25, 0.3) is 0 Å². The Morgan fingerprint density at radius 2 is 1.95 bits per heavy atom. The van der Waals surface area contributed by atoms with E-state index in [-0.39, 0.29) is 17.3 Å². The van der Waals surface area contributed by atoms with Gasteiger partial charge in [-0.1, -0.05) is 5.16 Å². The number of morpholine rings is 1. The molecule has 0 saturated carbocycles. The van der Waals surface area contributed by atoms with Crippen LogP contribution in [0.5, 0.6) is 0 Å². The van der Waals surface area contributed by atoms with Crippen LogP contribution in [0.3, 0.4) is 0 Å². The zero-order chi connectivity index (χ0) is 14.7. The van der Waals surface area contributed by atoms with Crippen LogP contribution in [-0.2, 0) is 11.3 Å². The Labute approximate surface area is 121 Å². The van der Waals surface area contributed by atoms with Gasteiger partial charge in [-0.05, 0) is 24.3 Å². The first-order valence-electron chi connectivity index (χ1n) is 6.78. The largest absolute Gasteiger partial charge is 0.379 e. The summed E-state index contributed by atoms with van der Waals surface area (Å²) in [4.78, 5) is 14.4. The molecular weight excluding hydrogens is 275 g/mol. The fourth-order valence-corrected chi connectivity index (χ4v) is 2.22. The summed E-state index contributed by atoms with van der Waals surface area (Å²) in [6.07, 6.45) is 0. The summed E-state index contributed by atoms with van der Waals surface area (Å²) in [5, 5.41) is 3.80. The highest BCUT2D eigenvalue weighted by molar-refractivity contribution is 6.07. The second-order valence-electron chi connectivity index (χ2n) is 4.90. The summed E-state index contributed by atoms with van der Waals surface area (Å²) >= 11 is 0. The Hall–Kier alpha value is -2.05. The highest BCUT2D eigenvalue weighted by atomic mass is 19.1. The molecule has 5 nitrogen and oxygen atoms in total. The quantitative estimate of drug-likeness (QED) is 0.805. The van der Waals surface area contributed by atoms with Gasteiger partial charge in [0.2, 0.25) is 5.78 Å². The summed E-state index contributed by atoms with van der Waals surface area (Å²) in [5.74, 6) is -0.00551. The van der Waals surface area contributed by atoms with Gasteiger partial charge in [0, 0.05) is 24.7 Å². The number of carbonyl (C=O) groups is 1. The van der Waals surface area contributed by atoms with Gasteiger partial charge < -0.3 is 9.26 Å². The molecule has 1 fully saturated rings. The molecule has 2 heterocycles. The molecule has 1 aliphatic heterocycles. The molecule has 0 radical (unpaired) electrons. The van der Waals surface area contributed by atoms with E-state index in [4.69, 9.17) is 9.26 Å². The average Bonchev–Trinajstić information content (AvgIpc) is 2.97. The van der Waals surface area contributed by atoms with E-state index in [1.807, 2.05) is 0 Å². The number of hydrogen-bond acceptors (Lipinski definition) is 5. The smallest absolute Gasteiger partial charge is 0.214 e. The van der Waals surface area contributed by atoms with E-state index >= 15 is 0 Å². The third-order valence-electron chi connectivity index (χ3n) is 3.38. The van der Waals surface area contributed by atoms with Gasteiger partial charge in [0.15, 0.2) is 11.5 Å². The number of halogens is 1. The van der Waals surface area contributed by atoms with E-state index in [9.17, 15) is 9.18 Å². The molecule has 0 atom stereocenters. The van der Waals surface area contributed by atoms with E-state index < -0.39 is 0 Å². The molecule has 1 saturated heterocycles. The molecule has 0 unspecified atom stereocenters. The van der Waals surface area contributed by atoms with Crippen LogP contribution < -0.4 is 0 Å². The minimum Gasteiger partial charge on any atom is -0.379 e. The van der Waals surface area contributed by atoms with Crippen LogP contribution >= 0.6 is 0 Å². The Balaban J connectivity index is 1.69. The van der Waals surface area contributed by atoms with E-state index in [2.05, 4.69) is 10.1 Å². The number of rotatable bonds is 4. The number of ketones is 1. The summed E-state index contributed by atoms with van der Waals surface area (Å²) in [5.41, 5.74) is 0.632. The molecule has 0 bridgehead atoms. The van der Waals surface area contributed by atoms with Crippen LogP contribution in [0.1, 0.15) is 21.8 Å². The van der Waals surface area contributed by atoms with Crippen molar-refractivity contribution in [2.45, 2.75) is 6.54 Å². The van der Waals surface area contributed by atoms with Gasteiger partial charge >= 0.3 is 0 Å². The zero-order valence-corrected chi connectivity index (χ0v) is 11.4. The van der Waals surface area contributed by atoms with Gasteiger partial charge in [0.25, 0.3) is 0 Å². The monoisotopic (exact) mass is 290 g/mol. The van der Waals surface area contributed by atoms with Crippen LogP contribution in [0.2, 0.25) is 0 Å². The van der Waals surface area contributed by atoms with Crippen molar-refractivity contribution in [2.75, 3.05) is 26.3 Å². The molecule has 0 amide bonds. The number of aromatic nitrogens is 1. The van der Waals surface area contributed by atoms with Crippen molar-refractivity contribution in [2.24, 2.45) is 0 Å². The second kappa shape index (κ2) is 6.15. The Morgan fingerprint density at radius 3 is 2.67 bits per heavy atom. The Bertz CT molecular complexity index is 618. The van der Waals surface area contributed by atoms with Crippen LogP contribution in [0.4, 0.5) is 4.39 Å². The normalized spacial score (nSPS) is 16.0. The standard InChI is InChI=1S/C15H15FN2O3/c16-12-3-1-11(2-4-12)15(19)14-9-13(21-17-14)10-18-5-7-20-8-6-18/h1-4,9H,5-8,10H2. The highest BCUT2D eigenvalue weighted by Crippen LogP contribution is 2.13. The van der Waals surface area contributed by atoms with Gasteiger partial charge in [-0.25, -0.2) is 4.39 Å². The topological polar surface area (TPSA) is 55.6 Å². The average molecular weight is 290 g/mol. The first-order chi connectivity index (χ1) is 10.2. The van der Waals surface area contributed by atoms with Gasteiger partial charge in [-0.3, -0.25) is 9.69 Å². The maximum absolute atomic E-state index is 12.9.